The molecule has 2 N–H and O–H groups in total. The molecule has 3 aliphatic rings. The van der Waals surface area contributed by atoms with Crippen LogP contribution in [0.25, 0.3) is 28.0 Å². The van der Waals surface area contributed by atoms with Gasteiger partial charge in [0.05, 0.1) is 17.9 Å². The third-order valence-corrected chi connectivity index (χ3v) is 7.92. The topological polar surface area (TPSA) is 82.6 Å². The van der Waals surface area contributed by atoms with Crippen LogP contribution in [0.3, 0.4) is 0 Å². The number of H-pyrrole nitrogens is 1. The van der Waals surface area contributed by atoms with Crippen molar-refractivity contribution in [2.24, 2.45) is 4.99 Å². The summed E-state index contributed by atoms with van der Waals surface area (Å²) in [4.78, 5) is 26.6. The van der Waals surface area contributed by atoms with Crippen molar-refractivity contribution in [2.45, 2.75) is 70.6 Å². The molecule has 2 saturated heterocycles. The van der Waals surface area contributed by atoms with Gasteiger partial charge in [-0.3, -0.25) is 9.89 Å². The fraction of sp³-hybridized carbons (Fsp3) is 0.406. The highest BCUT2D eigenvalue weighted by Crippen LogP contribution is 2.35. The number of halogens is 2. The standard InChI is InChI=1S/C32H35F2N5O2/c1-32(2,3)41-31(40)39-13-5-7-29(39)30-37-18-28(38-30)23-11-9-20(15-25(23)34)19-8-10-22(24(33)14-19)21-16-27(36-17-21)26-6-4-12-35-26/h8-11,14-15,17-18,26,29,35H,4-7,12-13,16H2,1-3H3,(H,37,38)/t26-,29-/m0/s1. The van der Waals surface area contributed by atoms with Crippen molar-refractivity contribution in [3.8, 4) is 22.4 Å². The van der Waals surface area contributed by atoms with E-state index in [0.29, 0.717) is 46.7 Å². The second-order valence-electron chi connectivity index (χ2n) is 12.0. The summed E-state index contributed by atoms with van der Waals surface area (Å²) in [7, 11) is 0. The van der Waals surface area contributed by atoms with E-state index in [4.69, 9.17) is 4.74 Å². The first-order valence-electron chi connectivity index (χ1n) is 14.3. The summed E-state index contributed by atoms with van der Waals surface area (Å²) in [5, 5.41) is 3.45. The van der Waals surface area contributed by atoms with E-state index < -0.39 is 11.4 Å². The average Bonchev–Trinajstić information content (AvgIpc) is 3.73. The zero-order chi connectivity index (χ0) is 28.7. The van der Waals surface area contributed by atoms with Crippen LogP contribution in [0.4, 0.5) is 13.6 Å². The molecule has 214 valence electrons. The van der Waals surface area contributed by atoms with Gasteiger partial charge < -0.3 is 15.0 Å². The predicted octanol–water partition coefficient (Wildman–Crippen LogP) is 7.03. The molecule has 1 aromatic heterocycles. The summed E-state index contributed by atoms with van der Waals surface area (Å²) in [6.45, 7) is 7.08. The summed E-state index contributed by atoms with van der Waals surface area (Å²) < 4.78 is 36.1. The van der Waals surface area contributed by atoms with Crippen LogP contribution in [0.5, 0.6) is 0 Å². The first-order chi connectivity index (χ1) is 19.7. The molecule has 4 heterocycles. The van der Waals surface area contributed by atoms with E-state index in [-0.39, 0.29) is 24.0 Å². The van der Waals surface area contributed by atoms with Crippen molar-refractivity contribution in [2.75, 3.05) is 13.1 Å². The Morgan fingerprint density at radius 2 is 1.76 bits per heavy atom. The highest BCUT2D eigenvalue weighted by Gasteiger charge is 2.35. The molecule has 0 bridgehead atoms. The molecule has 0 aliphatic carbocycles. The number of ether oxygens (including phenoxy) is 1. The van der Waals surface area contributed by atoms with Gasteiger partial charge >= 0.3 is 6.09 Å². The van der Waals surface area contributed by atoms with Crippen LogP contribution in [0, 0.1) is 11.6 Å². The molecule has 0 spiro atoms. The minimum Gasteiger partial charge on any atom is -0.444 e. The van der Waals surface area contributed by atoms with Crippen molar-refractivity contribution in [1.29, 1.82) is 0 Å². The first kappa shape index (κ1) is 27.3. The van der Waals surface area contributed by atoms with Gasteiger partial charge in [-0.05, 0) is 87.9 Å². The van der Waals surface area contributed by atoms with Crippen LogP contribution in [-0.4, -0.2) is 51.4 Å². The summed E-state index contributed by atoms with van der Waals surface area (Å²) in [6.07, 6.45) is 7.38. The Labute approximate surface area is 238 Å². The highest BCUT2D eigenvalue weighted by atomic mass is 19.1. The smallest absolute Gasteiger partial charge is 0.410 e. The largest absolute Gasteiger partial charge is 0.444 e. The number of allylic oxidation sites excluding steroid dienone is 1. The van der Waals surface area contributed by atoms with E-state index in [1.165, 1.54) is 12.1 Å². The van der Waals surface area contributed by atoms with Crippen LogP contribution in [0.15, 0.2) is 53.8 Å². The van der Waals surface area contributed by atoms with E-state index in [1.807, 2.05) is 26.8 Å². The lowest BCUT2D eigenvalue weighted by Gasteiger charge is -2.27. The van der Waals surface area contributed by atoms with E-state index >= 15 is 8.78 Å². The van der Waals surface area contributed by atoms with Crippen LogP contribution in [0.2, 0.25) is 0 Å². The molecule has 3 aliphatic heterocycles. The molecule has 2 atom stereocenters. The summed E-state index contributed by atoms with van der Waals surface area (Å²) in [5.41, 5.74) is 3.90. The van der Waals surface area contributed by atoms with Crippen molar-refractivity contribution < 1.29 is 18.3 Å². The van der Waals surface area contributed by atoms with Gasteiger partial charge in [0.15, 0.2) is 0 Å². The van der Waals surface area contributed by atoms with Gasteiger partial charge in [0, 0.05) is 42.0 Å². The number of imidazole rings is 1. The number of likely N-dealkylation sites (tertiary alicyclic amines) is 1. The number of amides is 1. The average molecular weight is 560 g/mol. The molecule has 0 unspecified atom stereocenters. The number of rotatable bonds is 5. The Morgan fingerprint density at radius 1 is 1.02 bits per heavy atom. The molecule has 7 nitrogen and oxygen atoms in total. The maximum absolute atomic E-state index is 15.4. The number of aromatic nitrogens is 2. The number of carbonyl (C=O) groups is 1. The molecular weight excluding hydrogens is 524 g/mol. The van der Waals surface area contributed by atoms with Crippen LogP contribution >= 0.6 is 0 Å². The fourth-order valence-corrected chi connectivity index (χ4v) is 5.90. The zero-order valence-corrected chi connectivity index (χ0v) is 23.6. The first-order valence-corrected chi connectivity index (χ1v) is 14.3. The van der Waals surface area contributed by atoms with Crippen molar-refractivity contribution in [3.63, 3.8) is 0 Å². The van der Waals surface area contributed by atoms with Crippen molar-refractivity contribution in [3.05, 3.63) is 71.8 Å². The number of nitrogens with one attached hydrogen (secondary N) is 2. The van der Waals surface area contributed by atoms with Crippen molar-refractivity contribution >= 4 is 17.4 Å². The number of aromatic amines is 1. The van der Waals surface area contributed by atoms with Gasteiger partial charge in [-0.15, -0.1) is 0 Å². The molecule has 2 aromatic carbocycles. The molecule has 3 aromatic rings. The zero-order valence-electron chi connectivity index (χ0n) is 23.6. The molecule has 1 amide bonds. The Hall–Kier alpha value is -3.85. The van der Waals surface area contributed by atoms with E-state index in [1.54, 1.807) is 35.5 Å². The third kappa shape index (κ3) is 5.68. The maximum atomic E-state index is 15.4. The number of aliphatic imine (C=N–C) groups is 1. The highest BCUT2D eigenvalue weighted by molar-refractivity contribution is 6.01. The van der Waals surface area contributed by atoms with Crippen LogP contribution in [-0.2, 0) is 4.74 Å². The predicted molar refractivity (Wildman–Crippen MR) is 155 cm³/mol. The van der Waals surface area contributed by atoms with Gasteiger partial charge in [0.1, 0.15) is 23.1 Å². The number of nitrogens with zero attached hydrogens (tertiary/aromatic N) is 3. The lowest BCUT2D eigenvalue weighted by Crippen LogP contribution is -2.36. The number of hydrogen-bond acceptors (Lipinski definition) is 5. The maximum Gasteiger partial charge on any atom is 0.410 e. The minimum absolute atomic E-state index is 0.256. The van der Waals surface area contributed by atoms with Gasteiger partial charge in [-0.1, -0.05) is 18.2 Å². The van der Waals surface area contributed by atoms with E-state index in [2.05, 4.69) is 20.3 Å². The van der Waals surface area contributed by atoms with Gasteiger partial charge in [-0.25, -0.2) is 18.6 Å². The second kappa shape index (κ2) is 10.9. The summed E-state index contributed by atoms with van der Waals surface area (Å²) in [5.74, 6) is -0.196. The van der Waals surface area contributed by atoms with E-state index in [0.717, 1.165) is 43.5 Å². The lowest BCUT2D eigenvalue weighted by molar-refractivity contribution is 0.0218. The molecule has 6 rings (SSSR count). The van der Waals surface area contributed by atoms with E-state index in [9.17, 15) is 4.79 Å². The van der Waals surface area contributed by atoms with Crippen molar-refractivity contribution in [1.82, 2.24) is 20.2 Å². The summed E-state index contributed by atoms with van der Waals surface area (Å²) >= 11 is 0. The number of hydrogen-bond donors (Lipinski definition) is 2. The summed E-state index contributed by atoms with van der Waals surface area (Å²) in [6, 6.07) is 9.90. The van der Waals surface area contributed by atoms with Gasteiger partial charge in [0.25, 0.3) is 0 Å². The molecule has 0 saturated carbocycles. The van der Waals surface area contributed by atoms with Crippen LogP contribution < -0.4 is 5.32 Å². The molecule has 41 heavy (non-hydrogen) atoms. The Bertz CT molecular complexity index is 1530. The van der Waals surface area contributed by atoms with Crippen LogP contribution in [0.1, 0.15) is 70.3 Å². The quantitative estimate of drug-likeness (QED) is 0.352. The molecule has 0 radical (unpaired) electrons. The Balaban J connectivity index is 1.16. The van der Waals surface area contributed by atoms with Gasteiger partial charge in [0.2, 0.25) is 0 Å². The Morgan fingerprint density at radius 3 is 2.41 bits per heavy atom. The van der Waals surface area contributed by atoms with Gasteiger partial charge in [-0.2, -0.15) is 0 Å². The lowest BCUT2D eigenvalue weighted by atomic mass is 9.95. The minimum atomic E-state index is -0.592. The molecule has 2 fully saturated rings. The molecular formula is C32H35F2N5O2. The normalized spacial score (nSPS) is 20.9. The molecule has 9 heteroatoms. The Kier molecular flexibility index (Phi) is 7.23. The fourth-order valence-electron chi connectivity index (χ4n) is 5.90. The number of carbonyl (C=O) groups excluding carboxylic acids is 1. The SMILES string of the molecule is CC(C)(C)OC(=O)N1CCC[C@H]1c1ncc(-c2ccc(-c3ccc(C4=CN=C([C@@H]5CCCN5)C4)c(F)c3)cc2F)[nH]1. The third-order valence-electron chi connectivity index (χ3n) is 7.92. The monoisotopic (exact) mass is 559 g/mol. The second-order valence-corrected chi connectivity index (χ2v) is 12.0. The number of benzene rings is 2.